The van der Waals surface area contributed by atoms with Crippen LogP contribution in [0.3, 0.4) is 0 Å². The molecule has 0 spiro atoms. The first kappa shape index (κ1) is 23.8. The Bertz CT molecular complexity index is 1150. The zero-order chi connectivity index (χ0) is 22.9. The van der Waals surface area contributed by atoms with Crippen molar-refractivity contribution in [3.8, 4) is 5.75 Å². The molecule has 8 nitrogen and oxygen atoms in total. The van der Waals surface area contributed by atoms with Gasteiger partial charge in [0.05, 0.1) is 22.9 Å². The first-order valence-electron chi connectivity index (χ1n) is 8.28. The minimum Gasteiger partial charge on any atom is -0.480 e. The molecule has 31 heavy (non-hydrogen) atoms. The van der Waals surface area contributed by atoms with Gasteiger partial charge in [-0.1, -0.05) is 23.2 Å². The van der Waals surface area contributed by atoms with E-state index < -0.39 is 30.4 Å². The van der Waals surface area contributed by atoms with Crippen molar-refractivity contribution >= 4 is 104 Å². The number of anilines is 1. The highest BCUT2D eigenvalue weighted by molar-refractivity contribution is 14.1. The number of hydrogen-bond acceptors (Lipinski definition) is 5. The molecular weight excluding hydrogens is 677 g/mol. The van der Waals surface area contributed by atoms with Crippen molar-refractivity contribution in [2.75, 3.05) is 11.5 Å². The van der Waals surface area contributed by atoms with Gasteiger partial charge in [-0.05, 0) is 87.2 Å². The average Bonchev–Trinajstić information content (AvgIpc) is 2.67. The van der Waals surface area contributed by atoms with Crippen LogP contribution in [-0.2, 0) is 14.4 Å². The van der Waals surface area contributed by atoms with Crippen molar-refractivity contribution in [3.63, 3.8) is 0 Å². The molecule has 0 aromatic heterocycles. The third-order valence-electron chi connectivity index (χ3n) is 3.93. The molecule has 1 aliphatic rings. The van der Waals surface area contributed by atoms with Crippen LogP contribution in [0.1, 0.15) is 5.56 Å². The van der Waals surface area contributed by atoms with Gasteiger partial charge in [-0.25, -0.2) is 14.5 Å². The summed E-state index contributed by atoms with van der Waals surface area (Å²) in [6.45, 7) is -0.506. The first-order chi connectivity index (χ1) is 14.6. The lowest BCUT2D eigenvalue weighted by Gasteiger charge is -2.26. The molecule has 1 heterocycles. The van der Waals surface area contributed by atoms with Gasteiger partial charge >= 0.3 is 12.0 Å². The minimum atomic E-state index is -1.12. The van der Waals surface area contributed by atoms with Gasteiger partial charge in [-0.15, -0.1) is 0 Å². The highest BCUT2D eigenvalue weighted by atomic mass is 127. The number of carbonyl (C=O) groups is 4. The lowest BCUT2D eigenvalue weighted by molar-refractivity contribution is -0.139. The number of carboxylic acid groups (broad SMARTS) is 1. The van der Waals surface area contributed by atoms with Crippen molar-refractivity contribution in [3.05, 3.63) is 58.7 Å². The maximum Gasteiger partial charge on any atom is 0.341 e. The van der Waals surface area contributed by atoms with Gasteiger partial charge < -0.3 is 9.84 Å². The summed E-state index contributed by atoms with van der Waals surface area (Å²) in [6, 6.07) is 6.53. The van der Waals surface area contributed by atoms with Crippen LogP contribution < -0.4 is 15.0 Å². The van der Waals surface area contributed by atoms with E-state index in [-0.39, 0.29) is 21.3 Å². The monoisotopic (exact) mass is 686 g/mol. The van der Waals surface area contributed by atoms with Crippen LogP contribution >= 0.6 is 68.4 Å². The molecule has 4 amide bonds. The van der Waals surface area contributed by atoms with Gasteiger partial charge in [0, 0.05) is 0 Å². The lowest BCUT2D eigenvalue weighted by Crippen LogP contribution is -2.54. The number of hydrogen-bond donors (Lipinski definition) is 2. The summed E-state index contributed by atoms with van der Waals surface area (Å²) in [5, 5.41) is 11.3. The van der Waals surface area contributed by atoms with E-state index in [9.17, 15) is 19.2 Å². The first-order valence-corrected chi connectivity index (χ1v) is 11.2. The Kier molecular flexibility index (Phi) is 7.44. The lowest BCUT2D eigenvalue weighted by atomic mass is 10.1. The average molecular weight is 687 g/mol. The SMILES string of the molecule is O=C(O)COc1c(I)cc(/C=C2\C(=O)NC(=O)N(c3ccc(Cl)c(Cl)c3)C2=O)cc1I. The molecule has 1 fully saturated rings. The Balaban J connectivity index is 1.98. The molecule has 0 bridgehead atoms. The van der Waals surface area contributed by atoms with Gasteiger partial charge in [-0.2, -0.15) is 0 Å². The fraction of sp³-hybridized carbons (Fsp3) is 0.0526. The Morgan fingerprint density at radius 2 is 1.74 bits per heavy atom. The number of rotatable bonds is 5. The number of nitrogens with zero attached hydrogens (tertiary/aromatic N) is 1. The molecule has 0 saturated carbocycles. The Labute approximate surface area is 212 Å². The van der Waals surface area contributed by atoms with E-state index in [0.29, 0.717) is 18.5 Å². The fourth-order valence-electron chi connectivity index (χ4n) is 2.62. The van der Waals surface area contributed by atoms with Crippen LogP contribution in [0, 0.1) is 7.14 Å². The van der Waals surface area contributed by atoms with E-state index in [2.05, 4.69) is 5.32 Å². The standard InChI is InChI=1S/C19H10Cl2I2N2O6/c20-11-2-1-9(6-12(11)21)25-18(29)10(17(28)24-19(25)30)3-8-4-13(22)16(14(23)5-8)31-7-15(26)27/h1-6H,7H2,(H,26,27)(H,24,28,30)/b10-3+. The second kappa shape index (κ2) is 9.71. The van der Waals surface area contributed by atoms with Crippen LogP contribution in [0.2, 0.25) is 10.0 Å². The molecule has 0 aliphatic carbocycles. The van der Waals surface area contributed by atoms with Crippen LogP contribution in [0.25, 0.3) is 6.08 Å². The maximum atomic E-state index is 13.0. The fourth-order valence-corrected chi connectivity index (χ4v) is 5.04. The molecule has 1 saturated heterocycles. The predicted octanol–water partition coefficient (Wildman–Crippen LogP) is 4.33. The predicted molar refractivity (Wildman–Crippen MR) is 130 cm³/mol. The third kappa shape index (κ3) is 5.30. The molecule has 0 radical (unpaired) electrons. The highest BCUT2D eigenvalue weighted by Crippen LogP contribution is 2.32. The summed E-state index contributed by atoms with van der Waals surface area (Å²) < 4.78 is 6.43. The quantitative estimate of drug-likeness (QED) is 0.275. The number of amides is 4. The Morgan fingerprint density at radius 1 is 1.10 bits per heavy atom. The number of ether oxygens (including phenoxy) is 1. The minimum absolute atomic E-state index is 0.142. The zero-order valence-corrected chi connectivity index (χ0v) is 20.9. The number of barbiturate groups is 1. The van der Waals surface area contributed by atoms with Crippen molar-refractivity contribution in [2.45, 2.75) is 0 Å². The molecule has 2 aromatic rings. The highest BCUT2D eigenvalue weighted by Gasteiger charge is 2.37. The molecule has 2 N–H and O–H groups in total. The van der Waals surface area contributed by atoms with Gasteiger partial charge in [0.1, 0.15) is 11.3 Å². The Hall–Kier alpha value is -1.90. The van der Waals surface area contributed by atoms with Crippen molar-refractivity contribution < 1.29 is 29.0 Å². The van der Waals surface area contributed by atoms with E-state index in [4.69, 9.17) is 33.0 Å². The molecule has 0 atom stereocenters. The number of urea groups is 1. The third-order valence-corrected chi connectivity index (χ3v) is 6.28. The number of carbonyl (C=O) groups excluding carboxylic acids is 3. The molecule has 160 valence electrons. The summed E-state index contributed by atoms with van der Waals surface area (Å²) in [7, 11) is 0. The number of benzene rings is 2. The normalized spacial score (nSPS) is 15.3. The summed E-state index contributed by atoms with van der Waals surface area (Å²) >= 11 is 15.8. The van der Waals surface area contributed by atoms with E-state index >= 15 is 0 Å². The van der Waals surface area contributed by atoms with E-state index in [1.54, 1.807) is 12.1 Å². The van der Waals surface area contributed by atoms with Crippen LogP contribution in [0.15, 0.2) is 35.9 Å². The molecule has 12 heteroatoms. The van der Waals surface area contributed by atoms with Crippen molar-refractivity contribution in [1.29, 1.82) is 0 Å². The van der Waals surface area contributed by atoms with E-state index in [1.165, 1.54) is 24.3 Å². The molecular formula is C19H10Cl2I2N2O6. The topological polar surface area (TPSA) is 113 Å². The number of halogens is 4. The largest absolute Gasteiger partial charge is 0.480 e. The summed E-state index contributed by atoms with van der Waals surface area (Å²) in [5.74, 6) is -2.42. The van der Waals surface area contributed by atoms with Crippen LogP contribution in [0.4, 0.5) is 10.5 Å². The van der Waals surface area contributed by atoms with Crippen LogP contribution in [0.5, 0.6) is 5.75 Å². The van der Waals surface area contributed by atoms with Gasteiger partial charge in [-0.3, -0.25) is 14.9 Å². The molecule has 1 aliphatic heterocycles. The zero-order valence-electron chi connectivity index (χ0n) is 15.1. The smallest absolute Gasteiger partial charge is 0.341 e. The van der Waals surface area contributed by atoms with Gasteiger partial charge in [0.25, 0.3) is 11.8 Å². The second-order valence-electron chi connectivity index (χ2n) is 6.05. The van der Waals surface area contributed by atoms with Gasteiger partial charge in [0.2, 0.25) is 0 Å². The number of carboxylic acids is 1. The summed E-state index contributed by atoms with van der Waals surface area (Å²) in [6.07, 6.45) is 1.33. The van der Waals surface area contributed by atoms with E-state index in [0.717, 1.165) is 4.90 Å². The number of imide groups is 2. The second-order valence-corrected chi connectivity index (χ2v) is 9.19. The molecule has 2 aromatic carbocycles. The number of aliphatic carboxylic acids is 1. The summed E-state index contributed by atoms with van der Waals surface area (Å²) in [5.41, 5.74) is 0.367. The Morgan fingerprint density at radius 3 is 2.32 bits per heavy atom. The number of nitrogens with one attached hydrogen (secondary N) is 1. The van der Waals surface area contributed by atoms with Crippen LogP contribution in [-0.4, -0.2) is 35.5 Å². The molecule has 0 unspecified atom stereocenters. The summed E-state index contributed by atoms with van der Waals surface area (Å²) in [4.78, 5) is 49.1. The van der Waals surface area contributed by atoms with Gasteiger partial charge in [0.15, 0.2) is 6.61 Å². The van der Waals surface area contributed by atoms with Crippen molar-refractivity contribution in [1.82, 2.24) is 5.32 Å². The molecule has 3 rings (SSSR count). The maximum absolute atomic E-state index is 13.0. The van der Waals surface area contributed by atoms with E-state index in [1.807, 2.05) is 45.2 Å². The van der Waals surface area contributed by atoms with Crippen molar-refractivity contribution in [2.24, 2.45) is 0 Å².